The van der Waals surface area contributed by atoms with Gasteiger partial charge in [-0.05, 0) is 62.9 Å². The van der Waals surface area contributed by atoms with Gasteiger partial charge in [0, 0.05) is 31.3 Å². The number of hydrogen-bond donors (Lipinski definition) is 4. The van der Waals surface area contributed by atoms with E-state index in [0.717, 1.165) is 39.2 Å². The van der Waals surface area contributed by atoms with E-state index in [4.69, 9.17) is 31.7 Å². The molecule has 2 aromatic carbocycles. The van der Waals surface area contributed by atoms with Crippen LogP contribution in [0.15, 0.2) is 51.6 Å². The highest BCUT2D eigenvalue weighted by molar-refractivity contribution is 5.92. The molecule has 0 spiro atoms. The Morgan fingerprint density at radius 3 is 2.38 bits per heavy atom. The molecule has 0 aliphatic carbocycles. The number of ether oxygens (including phenoxy) is 2. The molecule has 0 bridgehead atoms. The summed E-state index contributed by atoms with van der Waals surface area (Å²) < 4.78 is 14.7. The third kappa shape index (κ3) is 5.54. The van der Waals surface area contributed by atoms with Crippen molar-refractivity contribution in [3.8, 4) is 22.8 Å². The summed E-state index contributed by atoms with van der Waals surface area (Å²) in [5.74, 6) is 0.396. The van der Waals surface area contributed by atoms with E-state index in [1.54, 1.807) is 16.2 Å². The SMILES string of the molecule is CCOc1cc2c(cc1OC)-c1c/c(=N\c3c(C)cc(C)cc3C)n(CCNC(=O)C(N)=C(N)N)c(=O)n1CC2. The molecule has 7 N–H and O–H groups in total. The van der Waals surface area contributed by atoms with Gasteiger partial charge in [0.25, 0.3) is 5.91 Å². The summed E-state index contributed by atoms with van der Waals surface area (Å²) in [6, 6.07) is 9.92. The average Bonchev–Trinajstić information content (AvgIpc) is 2.91. The molecule has 0 fully saturated rings. The molecule has 1 aromatic heterocycles. The fraction of sp³-hybridized carbons (Fsp3) is 0.345. The molecule has 1 aliphatic heterocycles. The van der Waals surface area contributed by atoms with Crippen molar-refractivity contribution in [1.29, 1.82) is 0 Å². The smallest absolute Gasteiger partial charge is 0.330 e. The summed E-state index contributed by atoms with van der Waals surface area (Å²) in [5, 5.41) is 2.67. The average molecular weight is 548 g/mol. The molecule has 11 nitrogen and oxygen atoms in total. The number of aryl methyl sites for hydroxylation is 4. The molecule has 0 unspecified atom stereocenters. The molecule has 3 aromatic rings. The molecule has 40 heavy (non-hydrogen) atoms. The van der Waals surface area contributed by atoms with Crippen LogP contribution in [0.2, 0.25) is 0 Å². The maximum atomic E-state index is 13.9. The molecule has 4 rings (SSSR count). The first-order chi connectivity index (χ1) is 19.0. The summed E-state index contributed by atoms with van der Waals surface area (Å²) in [5.41, 5.74) is 23.1. The van der Waals surface area contributed by atoms with Gasteiger partial charge in [-0.25, -0.2) is 9.79 Å². The van der Waals surface area contributed by atoms with Crippen LogP contribution in [0.5, 0.6) is 11.5 Å². The Kier molecular flexibility index (Phi) is 8.22. The molecule has 0 atom stereocenters. The summed E-state index contributed by atoms with van der Waals surface area (Å²) in [6.45, 7) is 9.22. The Morgan fingerprint density at radius 1 is 1.05 bits per heavy atom. The van der Waals surface area contributed by atoms with Crippen molar-refractivity contribution >= 4 is 11.6 Å². The topological polar surface area (TPSA) is 165 Å². The molecular formula is C29H37N7O4. The van der Waals surface area contributed by atoms with Gasteiger partial charge < -0.3 is 32.0 Å². The zero-order valence-corrected chi connectivity index (χ0v) is 23.6. The Bertz CT molecular complexity index is 1610. The number of nitrogens with one attached hydrogen (secondary N) is 1. The number of aromatic nitrogens is 2. The van der Waals surface area contributed by atoms with Gasteiger partial charge in [0.2, 0.25) is 0 Å². The zero-order chi connectivity index (χ0) is 29.1. The van der Waals surface area contributed by atoms with Gasteiger partial charge >= 0.3 is 5.69 Å². The Labute approximate surface area is 232 Å². The number of carbonyl (C=O) groups excluding carboxylic acids is 1. The molecule has 0 radical (unpaired) electrons. The lowest BCUT2D eigenvalue weighted by Gasteiger charge is -2.25. The van der Waals surface area contributed by atoms with Crippen LogP contribution in [0.4, 0.5) is 5.69 Å². The van der Waals surface area contributed by atoms with Crippen LogP contribution in [0, 0.1) is 20.8 Å². The minimum Gasteiger partial charge on any atom is -0.493 e. The van der Waals surface area contributed by atoms with Crippen LogP contribution >= 0.6 is 0 Å². The second kappa shape index (κ2) is 11.6. The van der Waals surface area contributed by atoms with Gasteiger partial charge in [-0.2, -0.15) is 0 Å². The van der Waals surface area contributed by atoms with Crippen LogP contribution in [-0.2, 0) is 24.3 Å². The second-order valence-electron chi connectivity index (χ2n) is 9.80. The molecule has 11 heteroatoms. The number of rotatable bonds is 8. The van der Waals surface area contributed by atoms with Crippen molar-refractivity contribution < 1.29 is 14.3 Å². The maximum absolute atomic E-state index is 13.9. The molecule has 0 saturated heterocycles. The Hall–Kier alpha value is -4.67. The third-order valence-electron chi connectivity index (χ3n) is 6.90. The lowest BCUT2D eigenvalue weighted by atomic mass is 9.97. The number of amides is 1. The molecular weight excluding hydrogens is 510 g/mol. The van der Waals surface area contributed by atoms with Crippen LogP contribution in [0.1, 0.15) is 29.2 Å². The van der Waals surface area contributed by atoms with E-state index in [0.29, 0.717) is 36.6 Å². The van der Waals surface area contributed by atoms with E-state index in [9.17, 15) is 9.59 Å². The van der Waals surface area contributed by atoms with Crippen molar-refractivity contribution in [2.45, 2.75) is 47.2 Å². The van der Waals surface area contributed by atoms with Crippen LogP contribution < -0.4 is 43.2 Å². The lowest BCUT2D eigenvalue weighted by Crippen LogP contribution is -2.44. The van der Waals surface area contributed by atoms with E-state index in [-0.39, 0.29) is 30.3 Å². The third-order valence-corrected chi connectivity index (χ3v) is 6.90. The van der Waals surface area contributed by atoms with Gasteiger partial charge in [-0.1, -0.05) is 17.7 Å². The van der Waals surface area contributed by atoms with Crippen LogP contribution in [0.3, 0.4) is 0 Å². The number of hydrogen-bond acceptors (Lipinski definition) is 8. The number of nitrogens with two attached hydrogens (primary N) is 3. The highest BCUT2D eigenvalue weighted by Crippen LogP contribution is 2.37. The van der Waals surface area contributed by atoms with Crippen molar-refractivity contribution in [2.24, 2.45) is 22.2 Å². The van der Waals surface area contributed by atoms with Gasteiger partial charge in [-0.15, -0.1) is 0 Å². The predicted molar refractivity (Wildman–Crippen MR) is 154 cm³/mol. The number of methoxy groups -OCH3 is 1. The monoisotopic (exact) mass is 547 g/mol. The van der Waals surface area contributed by atoms with E-state index in [1.165, 1.54) is 0 Å². The van der Waals surface area contributed by atoms with E-state index >= 15 is 0 Å². The normalized spacial score (nSPS) is 12.4. The maximum Gasteiger partial charge on any atom is 0.330 e. The summed E-state index contributed by atoms with van der Waals surface area (Å²) in [4.78, 5) is 31.2. The van der Waals surface area contributed by atoms with Gasteiger partial charge in [-0.3, -0.25) is 13.9 Å². The highest BCUT2D eigenvalue weighted by Gasteiger charge is 2.23. The van der Waals surface area contributed by atoms with Gasteiger partial charge in [0.05, 0.1) is 25.1 Å². The Morgan fingerprint density at radius 2 is 1.75 bits per heavy atom. The number of carbonyl (C=O) groups is 1. The van der Waals surface area contributed by atoms with E-state index in [1.807, 2.05) is 45.9 Å². The van der Waals surface area contributed by atoms with E-state index < -0.39 is 5.91 Å². The standard InChI is InChI=1S/C29H37N7O4/c1-6-40-23-13-19-7-9-35-21(20(19)14-22(23)39-5)15-24(34-26-17(3)11-16(2)12-18(26)4)36(29(35)38)10-8-33-28(37)25(30)27(31)32/h11-15H,6-10,30-32H2,1-5H3,(H,33,37)/b34-24+. The summed E-state index contributed by atoms with van der Waals surface area (Å²) in [7, 11) is 1.59. The molecule has 1 aliphatic rings. The fourth-order valence-corrected chi connectivity index (χ4v) is 5.05. The van der Waals surface area contributed by atoms with Crippen molar-refractivity contribution in [3.63, 3.8) is 0 Å². The second-order valence-corrected chi connectivity index (χ2v) is 9.80. The number of nitrogens with zero attached hydrogens (tertiary/aromatic N) is 3. The number of fused-ring (bicyclic) bond motifs is 3. The van der Waals surface area contributed by atoms with Gasteiger partial charge in [0.15, 0.2) is 11.5 Å². The quantitative estimate of drug-likeness (QED) is 0.311. The molecule has 212 valence electrons. The predicted octanol–water partition coefficient (Wildman–Crippen LogP) is 1.60. The number of benzene rings is 2. The molecule has 1 amide bonds. The van der Waals surface area contributed by atoms with Crippen molar-refractivity contribution in [1.82, 2.24) is 14.5 Å². The first kappa shape index (κ1) is 28.3. The van der Waals surface area contributed by atoms with Crippen molar-refractivity contribution in [3.05, 3.63) is 80.1 Å². The molecule has 2 heterocycles. The fourth-order valence-electron chi connectivity index (χ4n) is 5.05. The zero-order valence-electron chi connectivity index (χ0n) is 23.6. The van der Waals surface area contributed by atoms with Gasteiger partial charge in [0.1, 0.15) is 17.0 Å². The summed E-state index contributed by atoms with van der Waals surface area (Å²) >= 11 is 0. The van der Waals surface area contributed by atoms with E-state index in [2.05, 4.69) is 17.4 Å². The minimum absolute atomic E-state index is 0.114. The largest absolute Gasteiger partial charge is 0.493 e. The molecule has 0 saturated carbocycles. The first-order valence-electron chi connectivity index (χ1n) is 13.2. The van der Waals surface area contributed by atoms with Crippen molar-refractivity contribution in [2.75, 3.05) is 20.3 Å². The van der Waals surface area contributed by atoms with Crippen LogP contribution in [-0.4, -0.2) is 35.3 Å². The van der Waals surface area contributed by atoms with Crippen LogP contribution in [0.25, 0.3) is 11.3 Å². The highest BCUT2D eigenvalue weighted by atomic mass is 16.5. The lowest BCUT2D eigenvalue weighted by molar-refractivity contribution is -0.117. The Balaban J connectivity index is 1.89. The minimum atomic E-state index is -0.603. The first-order valence-corrected chi connectivity index (χ1v) is 13.2. The summed E-state index contributed by atoms with van der Waals surface area (Å²) in [6.07, 6.45) is 0.646.